The van der Waals surface area contributed by atoms with Gasteiger partial charge in [0.05, 0.1) is 0 Å². The molecule has 154 valence electrons. The summed E-state index contributed by atoms with van der Waals surface area (Å²) >= 11 is 0. The van der Waals surface area contributed by atoms with Crippen molar-refractivity contribution in [2.24, 2.45) is 0 Å². The van der Waals surface area contributed by atoms with Crippen molar-refractivity contribution < 1.29 is 14.3 Å². The van der Waals surface area contributed by atoms with Crippen LogP contribution in [0.2, 0.25) is 0 Å². The largest absolute Gasteiger partial charge is 0.484 e. The van der Waals surface area contributed by atoms with E-state index in [1.54, 1.807) is 12.1 Å². The van der Waals surface area contributed by atoms with Gasteiger partial charge in [0.1, 0.15) is 5.75 Å². The maximum atomic E-state index is 12.2. The third kappa shape index (κ3) is 5.70. The van der Waals surface area contributed by atoms with E-state index in [4.69, 9.17) is 4.74 Å². The highest BCUT2D eigenvalue weighted by atomic mass is 16.5. The van der Waals surface area contributed by atoms with Crippen LogP contribution in [0.5, 0.6) is 5.75 Å². The summed E-state index contributed by atoms with van der Waals surface area (Å²) in [7, 11) is 0. The highest BCUT2D eigenvalue weighted by molar-refractivity contribution is 5.95. The molecular formula is C25H26N2O3. The minimum absolute atomic E-state index is 0.0550. The molecule has 5 nitrogen and oxygen atoms in total. The highest BCUT2D eigenvalue weighted by Crippen LogP contribution is 2.24. The fourth-order valence-corrected chi connectivity index (χ4v) is 2.88. The zero-order valence-corrected chi connectivity index (χ0v) is 17.4. The molecule has 3 aromatic carbocycles. The van der Waals surface area contributed by atoms with E-state index in [2.05, 4.69) is 31.6 Å². The van der Waals surface area contributed by atoms with Gasteiger partial charge in [-0.15, -0.1) is 0 Å². The molecule has 30 heavy (non-hydrogen) atoms. The van der Waals surface area contributed by atoms with E-state index in [0.29, 0.717) is 11.3 Å². The lowest BCUT2D eigenvalue weighted by molar-refractivity contribution is -0.123. The SMILES string of the molecule is CC(C)(C)c1ccc(OCC(=O)NNC(=O)c2ccc(-c3ccccc3)cc2)cc1. The van der Waals surface area contributed by atoms with Crippen molar-refractivity contribution in [1.82, 2.24) is 10.9 Å². The molecular weight excluding hydrogens is 376 g/mol. The average Bonchev–Trinajstić information content (AvgIpc) is 2.76. The van der Waals surface area contributed by atoms with Crippen LogP contribution in [0.1, 0.15) is 36.7 Å². The van der Waals surface area contributed by atoms with Gasteiger partial charge < -0.3 is 4.74 Å². The summed E-state index contributed by atoms with van der Waals surface area (Å²) in [5, 5.41) is 0. The maximum absolute atomic E-state index is 12.2. The Bertz CT molecular complexity index is 989. The maximum Gasteiger partial charge on any atom is 0.276 e. The molecule has 0 aliphatic heterocycles. The third-order valence-electron chi connectivity index (χ3n) is 4.66. The predicted molar refractivity (Wildman–Crippen MR) is 118 cm³/mol. The number of hydrazine groups is 1. The van der Waals surface area contributed by atoms with Crippen molar-refractivity contribution >= 4 is 11.8 Å². The quantitative estimate of drug-likeness (QED) is 0.618. The molecule has 0 unspecified atom stereocenters. The molecule has 0 heterocycles. The van der Waals surface area contributed by atoms with E-state index in [9.17, 15) is 9.59 Å². The van der Waals surface area contributed by atoms with E-state index < -0.39 is 11.8 Å². The van der Waals surface area contributed by atoms with Crippen molar-refractivity contribution in [1.29, 1.82) is 0 Å². The summed E-state index contributed by atoms with van der Waals surface area (Å²) in [5.41, 5.74) is 8.56. The van der Waals surface area contributed by atoms with Gasteiger partial charge >= 0.3 is 0 Å². The summed E-state index contributed by atoms with van der Waals surface area (Å²) in [6.07, 6.45) is 0. The number of amides is 2. The Hall–Kier alpha value is -3.60. The lowest BCUT2D eigenvalue weighted by Crippen LogP contribution is -2.43. The van der Waals surface area contributed by atoms with Crippen LogP contribution in [0.3, 0.4) is 0 Å². The number of benzene rings is 3. The normalized spacial score (nSPS) is 10.9. The first-order valence-corrected chi connectivity index (χ1v) is 9.81. The monoisotopic (exact) mass is 402 g/mol. The molecule has 2 amide bonds. The fraction of sp³-hybridized carbons (Fsp3) is 0.200. The molecule has 3 rings (SSSR count). The average molecular weight is 402 g/mol. The van der Waals surface area contributed by atoms with Gasteiger partial charge in [-0.1, -0.05) is 75.4 Å². The zero-order valence-electron chi connectivity index (χ0n) is 17.4. The Balaban J connectivity index is 1.47. The van der Waals surface area contributed by atoms with Crippen LogP contribution in [0.4, 0.5) is 0 Å². The molecule has 0 fully saturated rings. The second kappa shape index (κ2) is 9.27. The van der Waals surface area contributed by atoms with Crippen LogP contribution < -0.4 is 15.6 Å². The lowest BCUT2D eigenvalue weighted by Gasteiger charge is -2.19. The molecule has 0 saturated heterocycles. The molecule has 2 N–H and O–H groups in total. The Morgan fingerprint density at radius 2 is 1.37 bits per heavy atom. The van der Waals surface area contributed by atoms with Crippen molar-refractivity contribution in [3.05, 3.63) is 90.0 Å². The molecule has 0 aliphatic rings. The first kappa shape index (κ1) is 21.1. The van der Waals surface area contributed by atoms with Gasteiger partial charge in [0, 0.05) is 5.56 Å². The number of hydrogen-bond donors (Lipinski definition) is 2. The Morgan fingerprint density at radius 1 is 0.767 bits per heavy atom. The van der Waals surface area contributed by atoms with Crippen molar-refractivity contribution in [3.63, 3.8) is 0 Å². The summed E-state index contributed by atoms with van der Waals surface area (Å²) in [4.78, 5) is 24.2. The van der Waals surface area contributed by atoms with Crippen molar-refractivity contribution in [3.8, 4) is 16.9 Å². The van der Waals surface area contributed by atoms with Crippen molar-refractivity contribution in [2.75, 3.05) is 6.61 Å². The van der Waals surface area contributed by atoms with Crippen LogP contribution >= 0.6 is 0 Å². The number of nitrogens with one attached hydrogen (secondary N) is 2. The minimum atomic E-state index is -0.441. The topological polar surface area (TPSA) is 67.4 Å². The molecule has 5 heteroatoms. The van der Waals surface area contributed by atoms with E-state index in [-0.39, 0.29) is 12.0 Å². The van der Waals surface area contributed by atoms with Gasteiger partial charge in [0.2, 0.25) is 0 Å². The molecule has 0 atom stereocenters. The second-order valence-corrected chi connectivity index (χ2v) is 8.01. The standard InChI is InChI=1S/C25H26N2O3/c1-25(2,3)21-13-15-22(16-14-21)30-17-23(28)26-27-24(29)20-11-9-19(10-12-20)18-7-5-4-6-8-18/h4-16H,17H2,1-3H3,(H,26,28)(H,27,29). The number of carbonyl (C=O) groups is 2. The molecule has 0 bridgehead atoms. The molecule has 0 aliphatic carbocycles. The Morgan fingerprint density at radius 3 is 1.97 bits per heavy atom. The van der Waals surface area contributed by atoms with Gasteiger partial charge in [0.15, 0.2) is 6.61 Å². The van der Waals surface area contributed by atoms with Gasteiger partial charge in [-0.25, -0.2) is 0 Å². The van der Waals surface area contributed by atoms with Crippen LogP contribution in [0.25, 0.3) is 11.1 Å². The zero-order chi connectivity index (χ0) is 21.6. The third-order valence-corrected chi connectivity index (χ3v) is 4.66. The number of rotatable bonds is 5. The fourth-order valence-electron chi connectivity index (χ4n) is 2.88. The van der Waals surface area contributed by atoms with Crippen LogP contribution in [-0.2, 0) is 10.2 Å². The number of ether oxygens (including phenoxy) is 1. The van der Waals surface area contributed by atoms with E-state index >= 15 is 0 Å². The van der Waals surface area contributed by atoms with Crippen LogP contribution in [0.15, 0.2) is 78.9 Å². The Kier molecular flexibility index (Phi) is 6.52. The predicted octanol–water partition coefficient (Wildman–Crippen LogP) is 4.49. The first-order chi connectivity index (χ1) is 14.3. The molecule has 0 aromatic heterocycles. The van der Waals surface area contributed by atoms with Crippen molar-refractivity contribution in [2.45, 2.75) is 26.2 Å². The van der Waals surface area contributed by atoms with E-state index in [0.717, 1.165) is 11.1 Å². The molecule has 0 radical (unpaired) electrons. The number of hydrogen-bond acceptors (Lipinski definition) is 3. The van der Waals surface area contributed by atoms with Crippen LogP contribution in [-0.4, -0.2) is 18.4 Å². The smallest absolute Gasteiger partial charge is 0.276 e. The van der Waals surface area contributed by atoms with Crippen LogP contribution in [0, 0.1) is 0 Å². The van der Waals surface area contributed by atoms with Gasteiger partial charge in [-0.05, 0) is 46.4 Å². The lowest BCUT2D eigenvalue weighted by atomic mass is 9.87. The molecule has 3 aromatic rings. The summed E-state index contributed by atoms with van der Waals surface area (Å²) < 4.78 is 5.47. The van der Waals surface area contributed by atoms with E-state index in [1.165, 1.54) is 5.56 Å². The Labute approximate surface area is 177 Å². The summed E-state index contributed by atoms with van der Waals surface area (Å²) in [6.45, 7) is 6.21. The summed E-state index contributed by atoms with van der Waals surface area (Å²) in [5.74, 6) is -0.234. The van der Waals surface area contributed by atoms with Gasteiger partial charge in [-0.2, -0.15) is 0 Å². The van der Waals surface area contributed by atoms with E-state index in [1.807, 2.05) is 66.7 Å². The minimum Gasteiger partial charge on any atom is -0.484 e. The van der Waals surface area contributed by atoms with Gasteiger partial charge in [0.25, 0.3) is 11.8 Å². The number of carbonyl (C=O) groups excluding carboxylic acids is 2. The highest BCUT2D eigenvalue weighted by Gasteiger charge is 2.13. The van der Waals surface area contributed by atoms with Gasteiger partial charge in [-0.3, -0.25) is 20.4 Å². The first-order valence-electron chi connectivity index (χ1n) is 9.81. The molecule has 0 saturated carbocycles. The molecule has 0 spiro atoms. The second-order valence-electron chi connectivity index (χ2n) is 8.01. The summed E-state index contributed by atoms with van der Waals surface area (Å²) in [6, 6.07) is 24.7.